The highest BCUT2D eigenvalue weighted by molar-refractivity contribution is 5.31. The minimum atomic E-state index is 0.629. The van der Waals surface area contributed by atoms with Crippen molar-refractivity contribution in [1.29, 1.82) is 0 Å². The van der Waals surface area contributed by atoms with E-state index in [1.807, 2.05) is 30.3 Å². The van der Waals surface area contributed by atoms with E-state index in [0.717, 1.165) is 17.9 Å². The van der Waals surface area contributed by atoms with E-state index in [-0.39, 0.29) is 0 Å². The van der Waals surface area contributed by atoms with Gasteiger partial charge in [-0.25, -0.2) is 0 Å². The van der Waals surface area contributed by atoms with Crippen LogP contribution in [0.1, 0.15) is 6.42 Å². The molecule has 2 nitrogen and oxygen atoms in total. The molecule has 0 spiro atoms. The summed E-state index contributed by atoms with van der Waals surface area (Å²) < 4.78 is 10.5. The summed E-state index contributed by atoms with van der Waals surface area (Å²) in [7, 11) is 1.64. The molecular formula is C13H14O2. The third kappa shape index (κ3) is 4.24. The maximum absolute atomic E-state index is 5.48. The molecule has 1 rings (SSSR count). The van der Waals surface area contributed by atoms with Crippen LogP contribution in [-0.4, -0.2) is 13.7 Å². The summed E-state index contributed by atoms with van der Waals surface area (Å²) in [6.07, 6.45) is 9.46. The van der Waals surface area contributed by atoms with E-state index in [0.29, 0.717) is 6.61 Å². The highest BCUT2D eigenvalue weighted by atomic mass is 16.5. The Kier molecular flexibility index (Phi) is 4.89. The van der Waals surface area contributed by atoms with Gasteiger partial charge in [-0.15, -0.1) is 6.42 Å². The lowest BCUT2D eigenvalue weighted by atomic mass is 10.3. The van der Waals surface area contributed by atoms with Crippen LogP contribution < -0.4 is 9.47 Å². The van der Waals surface area contributed by atoms with E-state index < -0.39 is 0 Å². The standard InChI is InChI=1S/C13H14O2/c1-3-4-5-6-11-15-13-9-7-12(14-2)8-10-13/h1,4-5,7-10H,6,11H2,2H3/b5-4+. The molecule has 78 valence electrons. The Morgan fingerprint density at radius 3 is 2.53 bits per heavy atom. The molecule has 0 atom stereocenters. The number of terminal acetylenes is 1. The van der Waals surface area contributed by atoms with Gasteiger partial charge >= 0.3 is 0 Å². The first-order chi connectivity index (χ1) is 7.36. The van der Waals surface area contributed by atoms with Gasteiger partial charge in [0.25, 0.3) is 0 Å². The summed E-state index contributed by atoms with van der Waals surface area (Å²) >= 11 is 0. The van der Waals surface area contributed by atoms with Crippen molar-refractivity contribution in [2.24, 2.45) is 0 Å². The van der Waals surface area contributed by atoms with Crippen molar-refractivity contribution in [2.75, 3.05) is 13.7 Å². The fourth-order valence-electron chi connectivity index (χ4n) is 1.07. The Morgan fingerprint density at radius 2 is 1.93 bits per heavy atom. The summed E-state index contributed by atoms with van der Waals surface area (Å²) in [6, 6.07) is 7.49. The van der Waals surface area contributed by atoms with Crippen LogP contribution in [0, 0.1) is 12.3 Å². The predicted octanol–water partition coefficient (Wildman–Crippen LogP) is 2.65. The largest absolute Gasteiger partial charge is 0.497 e. The number of rotatable bonds is 5. The Hall–Kier alpha value is -1.88. The molecule has 0 saturated heterocycles. The second-order valence-corrected chi connectivity index (χ2v) is 2.88. The third-order valence-corrected chi connectivity index (χ3v) is 1.83. The molecule has 0 N–H and O–H groups in total. The smallest absolute Gasteiger partial charge is 0.119 e. The fourth-order valence-corrected chi connectivity index (χ4v) is 1.07. The van der Waals surface area contributed by atoms with Crippen LogP contribution in [0.3, 0.4) is 0 Å². The number of hydrogen-bond donors (Lipinski definition) is 0. The zero-order valence-electron chi connectivity index (χ0n) is 8.77. The Morgan fingerprint density at radius 1 is 1.27 bits per heavy atom. The van der Waals surface area contributed by atoms with Gasteiger partial charge in [-0.3, -0.25) is 0 Å². The van der Waals surface area contributed by atoms with Crippen molar-refractivity contribution in [3.63, 3.8) is 0 Å². The van der Waals surface area contributed by atoms with Crippen molar-refractivity contribution >= 4 is 0 Å². The van der Waals surface area contributed by atoms with Gasteiger partial charge in [0.15, 0.2) is 0 Å². The zero-order chi connectivity index (χ0) is 10.9. The fraction of sp³-hybridized carbons (Fsp3) is 0.231. The van der Waals surface area contributed by atoms with E-state index >= 15 is 0 Å². The van der Waals surface area contributed by atoms with Crippen molar-refractivity contribution in [1.82, 2.24) is 0 Å². The highest BCUT2D eigenvalue weighted by Crippen LogP contribution is 2.16. The number of hydrogen-bond acceptors (Lipinski definition) is 2. The predicted molar refractivity (Wildman–Crippen MR) is 61.1 cm³/mol. The normalized spacial score (nSPS) is 9.87. The van der Waals surface area contributed by atoms with Crippen LogP contribution in [0.5, 0.6) is 11.5 Å². The Bertz CT molecular complexity index is 344. The van der Waals surface area contributed by atoms with Crippen molar-refractivity contribution in [3.05, 3.63) is 36.4 Å². The Labute approximate surface area is 90.5 Å². The molecule has 0 fully saturated rings. The number of allylic oxidation sites excluding steroid dienone is 1. The van der Waals surface area contributed by atoms with Crippen molar-refractivity contribution in [2.45, 2.75) is 6.42 Å². The van der Waals surface area contributed by atoms with Gasteiger partial charge in [0.2, 0.25) is 0 Å². The van der Waals surface area contributed by atoms with Gasteiger partial charge in [0.05, 0.1) is 13.7 Å². The minimum Gasteiger partial charge on any atom is -0.497 e. The second-order valence-electron chi connectivity index (χ2n) is 2.88. The maximum Gasteiger partial charge on any atom is 0.119 e. The molecule has 0 amide bonds. The van der Waals surface area contributed by atoms with E-state index in [9.17, 15) is 0 Å². The summed E-state index contributed by atoms with van der Waals surface area (Å²) in [5.74, 6) is 4.09. The molecule has 0 bridgehead atoms. The highest BCUT2D eigenvalue weighted by Gasteiger charge is 1.93. The van der Waals surface area contributed by atoms with Gasteiger partial charge in [-0.2, -0.15) is 0 Å². The van der Waals surface area contributed by atoms with E-state index in [4.69, 9.17) is 15.9 Å². The molecule has 0 unspecified atom stereocenters. The molecule has 0 aliphatic rings. The first kappa shape index (κ1) is 11.2. The lowest BCUT2D eigenvalue weighted by molar-refractivity contribution is 0.324. The van der Waals surface area contributed by atoms with Crippen molar-refractivity contribution < 1.29 is 9.47 Å². The zero-order valence-corrected chi connectivity index (χ0v) is 8.77. The number of ether oxygens (including phenoxy) is 2. The van der Waals surface area contributed by atoms with Gasteiger partial charge in [0, 0.05) is 6.42 Å². The van der Waals surface area contributed by atoms with E-state index in [1.54, 1.807) is 13.2 Å². The SMILES string of the molecule is C#C/C=C/CCOc1ccc(OC)cc1. The summed E-state index contributed by atoms with van der Waals surface area (Å²) in [6.45, 7) is 0.629. The van der Waals surface area contributed by atoms with Gasteiger partial charge in [-0.05, 0) is 30.3 Å². The van der Waals surface area contributed by atoms with Crippen LogP contribution in [0.25, 0.3) is 0 Å². The second kappa shape index (κ2) is 6.56. The van der Waals surface area contributed by atoms with Crippen molar-refractivity contribution in [3.8, 4) is 23.8 Å². The topological polar surface area (TPSA) is 18.5 Å². The molecule has 0 heterocycles. The van der Waals surface area contributed by atoms with Gasteiger partial charge in [0.1, 0.15) is 11.5 Å². The number of benzene rings is 1. The van der Waals surface area contributed by atoms with E-state index in [1.165, 1.54) is 0 Å². The molecule has 0 saturated carbocycles. The van der Waals surface area contributed by atoms with E-state index in [2.05, 4.69) is 5.92 Å². The van der Waals surface area contributed by atoms with Crippen LogP contribution in [0.4, 0.5) is 0 Å². The van der Waals surface area contributed by atoms with Gasteiger partial charge < -0.3 is 9.47 Å². The quantitative estimate of drug-likeness (QED) is 0.540. The maximum atomic E-state index is 5.48. The van der Waals surface area contributed by atoms with Crippen LogP contribution in [0.15, 0.2) is 36.4 Å². The molecule has 0 aromatic heterocycles. The first-order valence-electron chi connectivity index (χ1n) is 4.75. The molecule has 1 aromatic carbocycles. The summed E-state index contributed by atoms with van der Waals surface area (Å²) in [5.41, 5.74) is 0. The lowest BCUT2D eigenvalue weighted by Gasteiger charge is -2.05. The molecular weight excluding hydrogens is 188 g/mol. The number of methoxy groups -OCH3 is 1. The molecule has 15 heavy (non-hydrogen) atoms. The molecule has 0 aliphatic heterocycles. The summed E-state index contributed by atoms with van der Waals surface area (Å²) in [4.78, 5) is 0. The average molecular weight is 202 g/mol. The molecule has 2 heteroatoms. The third-order valence-electron chi connectivity index (χ3n) is 1.83. The molecule has 0 radical (unpaired) electrons. The van der Waals surface area contributed by atoms with Gasteiger partial charge in [-0.1, -0.05) is 12.0 Å². The van der Waals surface area contributed by atoms with Crippen LogP contribution in [-0.2, 0) is 0 Å². The molecule has 0 aliphatic carbocycles. The summed E-state index contributed by atoms with van der Waals surface area (Å²) in [5, 5.41) is 0. The Balaban J connectivity index is 2.32. The monoisotopic (exact) mass is 202 g/mol. The first-order valence-corrected chi connectivity index (χ1v) is 4.75. The van der Waals surface area contributed by atoms with Crippen LogP contribution in [0.2, 0.25) is 0 Å². The minimum absolute atomic E-state index is 0.629. The molecule has 1 aromatic rings. The average Bonchev–Trinajstić information content (AvgIpc) is 2.30. The van der Waals surface area contributed by atoms with Crippen LogP contribution >= 0.6 is 0 Å². The lowest BCUT2D eigenvalue weighted by Crippen LogP contribution is -1.95.